The average molecular weight is 441 g/mol. The molecule has 31 heavy (non-hydrogen) atoms. The molecule has 0 saturated heterocycles. The molecule has 0 atom stereocenters. The maximum atomic E-state index is 12.2. The molecule has 166 valence electrons. The van der Waals surface area contributed by atoms with E-state index in [-0.39, 0.29) is 17.2 Å². The van der Waals surface area contributed by atoms with Crippen molar-refractivity contribution in [3.8, 4) is 5.75 Å². The van der Waals surface area contributed by atoms with Crippen molar-refractivity contribution < 1.29 is 14.3 Å². The van der Waals surface area contributed by atoms with Gasteiger partial charge in [-0.1, -0.05) is 39.0 Å². The van der Waals surface area contributed by atoms with Crippen LogP contribution < -0.4 is 15.4 Å². The number of carbonyl (C=O) groups excluding carboxylic acids is 2. The van der Waals surface area contributed by atoms with Crippen LogP contribution in [0.4, 0.5) is 5.69 Å². The summed E-state index contributed by atoms with van der Waals surface area (Å²) >= 11 is 1.58. The molecule has 5 nitrogen and oxygen atoms in total. The van der Waals surface area contributed by atoms with Crippen LogP contribution in [0.3, 0.4) is 0 Å². The maximum Gasteiger partial charge on any atom is 0.251 e. The Labute approximate surface area is 189 Å². The number of anilines is 1. The quantitative estimate of drug-likeness (QED) is 0.509. The molecular weight excluding hydrogens is 408 g/mol. The van der Waals surface area contributed by atoms with E-state index in [1.165, 1.54) is 5.56 Å². The molecule has 6 heteroatoms. The summed E-state index contributed by atoms with van der Waals surface area (Å²) < 4.78 is 5.79. The van der Waals surface area contributed by atoms with E-state index < -0.39 is 0 Å². The van der Waals surface area contributed by atoms with E-state index in [0.717, 1.165) is 30.8 Å². The monoisotopic (exact) mass is 440 g/mol. The van der Waals surface area contributed by atoms with Gasteiger partial charge in [0.2, 0.25) is 5.91 Å². The number of benzene rings is 2. The summed E-state index contributed by atoms with van der Waals surface area (Å²) in [6.07, 6.45) is 2.97. The Morgan fingerprint density at radius 3 is 2.52 bits per heavy atom. The van der Waals surface area contributed by atoms with Crippen molar-refractivity contribution >= 4 is 29.3 Å². The molecule has 3 rings (SSSR count). The highest BCUT2D eigenvalue weighted by Gasteiger charge is 2.23. The van der Waals surface area contributed by atoms with Crippen LogP contribution in [0, 0.1) is 0 Å². The van der Waals surface area contributed by atoms with E-state index in [1.54, 1.807) is 36.0 Å². The van der Waals surface area contributed by atoms with Crippen molar-refractivity contribution in [3.05, 3.63) is 59.7 Å². The molecule has 0 unspecified atom stereocenters. The summed E-state index contributed by atoms with van der Waals surface area (Å²) in [6.45, 7) is 7.21. The van der Waals surface area contributed by atoms with Gasteiger partial charge in [0, 0.05) is 17.3 Å². The fourth-order valence-electron chi connectivity index (χ4n) is 3.00. The lowest BCUT2D eigenvalue weighted by Gasteiger charge is -2.19. The second-order valence-corrected chi connectivity index (χ2v) is 10.0. The van der Waals surface area contributed by atoms with Crippen LogP contribution >= 0.6 is 11.8 Å². The second-order valence-electron chi connectivity index (χ2n) is 8.91. The molecule has 2 aromatic carbocycles. The number of ether oxygens (including phenoxy) is 1. The van der Waals surface area contributed by atoms with Gasteiger partial charge in [-0.15, -0.1) is 0 Å². The topological polar surface area (TPSA) is 67.4 Å². The molecular formula is C25H32N2O3S. The van der Waals surface area contributed by atoms with Crippen LogP contribution in [0.1, 0.15) is 56.0 Å². The first-order valence-corrected chi connectivity index (χ1v) is 12.0. The van der Waals surface area contributed by atoms with Crippen LogP contribution in [0.25, 0.3) is 0 Å². The highest BCUT2D eigenvalue weighted by molar-refractivity contribution is 7.99. The van der Waals surface area contributed by atoms with Gasteiger partial charge in [0.25, 0.3) is 5.91 Å². The van der Waals surface area contributed by atoms with Gasteiger partial charge in [-0.2, -0.15) is 11.8 Å². The van der Waals surface area contributed by atoms with Gasteiger partial charge >= 0.3 is 0 Å². The van der Waals surface area contributed by atoms with Gasteiger partial charge in [-0.3, -0.25) is 9.59 Å². The van der Waals surface area contributed by atoms with Crippen molar-refractivity contribution in [2.24, 2.45) is 0 Å². The minimum Gasteiger partial charge on any atom is -0.494 e. The third-order valence-electron chi connectivity index (χ3n) is 4.98. The van der Waals surface area contributed by atoms with Crippen LogP contribution in [-0.2, 0) is 10.2 Å². The lowest BCUT2D eigenvalue weighted by molar-refractivity contribution is -0.113. The number of hydrogen-bond acceptors (Lipinski definition) is 4. The van der Waals surface area contributed by atoms with Crippen LogP contribution in [0.5, 0.6) is 5.75 Å². The Morgan fingerprint density at radius 1 is 1.10 bits per heavy atom. The molecule has 1 aliphatic rings. The number of amides is 2. The molecule has 0 aliphatic heterocycles. The lowest BCUT2D eigenvalue weighted by atomic mass is 9.87. The summed E-state index contributed by atoms with van der Waals surface area (Å²) in [5, 5.41) is 5.83. The fraction of sp³-hybridized carbons (Fsp3) is 0.440. The zero-order chi connectivity index (χ0) is 22.3. The fourth-order valence-corrected chi connectivity index (χ4v) is 3.72. The van der Waals surface area contributed by atoms with Gasteiger partial charge in [0.05, 0.1) is 12.4 Å². The van der Waals surface area contributed by atoms with Crippen molar-refractivity contribution in [3.63, 3.8) is 0 Å². The molecule has 2 N–H and O–H groups in total. The van der Waals surface area contributed by atoms with Crippen molar-refractivity contribution in [1.82, 2.24) is 5.32 Å². The minimum absolute atomic E-state index is 0.0663. The van der Waals surface area contributed by atoms with Crippen LogP contribution in [-0.4, -0.2) is 36.0 Å². The first kappa shape index (κ1) is 23.2. The summed E-state index contributed by atoms with van der Waals surface area (Å²) in [6, 6.07) is 15.6. The Hall–Kier alpha value is -2.47. The van der Waals surface area contributed by atoms with E-state index >= 15 is 0 Å². The third-order valence-corrected chi connectivity index (χ3v) is 6.02. The Morgan fingerprint density at radius 2 is 1.84 bits per heavy atom. The highest BCUT2D eigenvalue weighted by atomic mass is 32.2. The second kappa shape index (κ2) is 10.7. The van der Waals surface area contributed by atoms with Crippen molar-refractivity contribution in [2.45, 2.75) is 51.5 Å². The smallest absolute Gasteiger partial charge is 0.251 e. The zero-order valence-electron chi connectivity index (χ0n) is 18.6. The summed E-state index contributed by atoms with van der Waals surface area (Å²) in [4.78, 5) is 24.3. The minimum atomic E-state index is -0.0824. The summed E-state index contributed by atoms with van der Waals surface area (Å²) in [5.74, 6) is 1.95. The van der Waals surface area contributed by atoms with E-state index in [4.69, 9.17) is 4.74 Å². The molecule has 0 aromatic heterocycles. The number of nitrogens with one attached hydrogen (secondary N) is 2. The predicted molar refractivity (Wildman–Crippen MR) is 128 cm³/mol. The predicted octanol–water partition coefficient (Wildman–Crippen LogP) is 5.02. The van der Waals surface area contributed by atoms with Gasteiger partial charge in [-0.05, 0) is 66.3 Å². The molecule has 0 spiro atoms. The number of thioether (sulfide) groups is 1. The Balaban J connectivity index is 1.31. The number of hydrogen-bond donors (Lipinski definition) is 2. The molecule has 0 bridgehead atoms. The standard InChI is InChI=1S/C25H32N2O3S/c1-25(2,3)19-8-12-22(13-9-19)30-14-5-15-31-17-23(28)26-21-7-4-6-18(16-21)24(29)27-20-10-11-20/h4,6-9,12-13,16,20H,5,10-11,14-15,17H2,1-3H3,(H,26,28)(H,27,29). The van der Waals surface area contributed by atoms with Crippen LogP contribution in [0.15, 0.2) is 48.5 Å². The van der Waals surface area contributed by atoms with E-state index in [0.29, 0.717) is 29.7 Å². The number of carbonyl (C=O) groups is 2. The normalized spacial score (nSPS) is 13.5. The SMILES string of the molecule is CC(C)(C)c1ccc(OCCCSCC(=O)Nc2cccc(C(=O)NC3CC3)c2)cc1. The van der Waals surface area contributed by atoms with Gasteiger partial charge < -0.3 is 15.4 Å². The molecule has 1 saturated carbocycles. The zero-order valence-corrected chi connectivity index (χ0v) is 19.4. The van der Waals surface area contributed by atoms with E-state index in [2.05, 4.69) is 43.5 Å². The molecule has 0 radical (unpaired) electrons. The average Bonchev–Trinajstić information content (AvgIpc) is 3.54. The van der Waals surface area contributed by atoms with Gasteiger partial charge in [0.1, 0.15) is 5.75 Å². The van der Waals surface area contributed by atoms with Crippen molar-refractivity contribution in [2.75, 3.05) is 23.4 Å². The number of rotatable bonds is 10. The van der Waals surface area contributed by atoms with E-state index in [1.807, 2.05) is 12.1 Å². The lowest BCUT2D eigenvalue weighted by Crippen LogP contribution is -2.25. The molecule has 1 aliphatic carbocycles. The van der Waals surface area contributed by atoms with Gasteiger partial charge in [-0.25, -0.2) is 0 Å². The summed E-state index contributed by atoms with van der Waals surface area (Å²) in [5.41, 5.74) is 2.65. The van der Waals surface area contributed by atoms with Crippen molar-refractivity contribution in [1.29, 1.82) is 0 Å². The largest absolute Gasteiger partial charge is 0.494 e. The molecule has 0 heterocycles. The maximum absolute atomic E-state index is 12.2. The molecule has 2 amide bonds. The summed E-state index contributed by atoms with van der Waals surface area (Å²) in [7, 11) is 0. The molecule has 2 aromatic rings. The Bertz CT molecular complexity index is 886. The molecule has 1 fully saturated rings. The first-order chi connectivity index (χ1) is 14.8. The Kier molecular flexibility index (Phi) is 8.02. The van der Waals surface area contributed by atoms with Crippen LogP contribution in [0.2, 0.25) is 0 Å². The van der Waals surface area contributed by atoms with E-state index in [9.17, 15) is 9.59 Å². The van der Waals surface area contributed by atoms with Gasteiger partial charge in [0.15, 0.2) is 0 Å². The first-order valence-electron chi connectivity index (χ1n) is 10.8. The third kappa shape index (κ3) is 7.94. The highest BCUT2D eigenvalue weighted by Crippen LogP contribution is 2.24.